The number of hydrogen-bond acceptors (Lipinski definition) is 5. The number of carboxylic acids is 1. The molecule has 0 aliphatic carbocycles. The van der Waals surface area contributed by atoms with Crippen molar-refractivity contribution in [3.8, 4) is 0 Å². The van der Waals surface area contributed by atoms with Gasteiger partial charge in [-0.1, -0.05) is 0 Å². The Morgan fingerprint density at radius 2 is 2.30 bits per heavy atom. The van der Waals surface area contributed by atoms with Crippen LogP contribution in [0.25, 0.3) is 0 Å². The summed E-state index contributed by atoms with van der Waals surface area (Å²) in [7, 11) is 0. The Labute approximate surface area is 113 Å². The highest BCUT2D eigenvalue weighted by atomic mass is 19.1. The highest BCUT2D eigenvalue weighted by molar-refractivity contribution is 5.93. The molecular formula is C12H13FN2O5. The molecular weight excluding hydrogens is 271 g/mol. The van der Waals surface area contributed by atoms with Crippen LogP contribution < -0.4 is 5.32 Å². The van der Waals surface area contributed by atoms with Gasteiger partial charge in [0.2, 0.25) is 0 Å². The minimum Gasteiger partial charge on any atom is -0.477 e. The van der Waals surface area contributed by atoms with Gasteiger partial charge < -0.3 is 15.2 Å². The van der Waals surface area contributed by atoms with Crippen molar-refractivity contribution in [3.05, 3.63) is 33.6 Å². The average molecular weight is 284 g/mol. The van der Waals surface area contributed by atoms with Crippen LogP contribution in [-0.4, -0.2) is 34.8 Å². The van der Waals surface area contributed by atoms with E-state index in [1.165, 1.54) is 0 Å². The van der Waals surface area contributed by atoms with Gasteiger partial charge in [0.25, 0.3) is 5.69 Å². The Hall–Kier alpha value is -2.22. The van der Waals surface area contributed by atoms with E-state index in [-0.39, 0.29) is 5.69 Å². The monoisotopic (exact) mass is 284 g/mol. The molecule has 1 heterocycles. The van der Waals surface area contributed by atoms with Crippen molar-refractivity contribution >= 4 is 17.3 Å². The summed E-state index contributed by atoms with van der Waals surface area (Å²) in [4.78, 5) is 20.8. The molecule has 0 bridgehead atoms. The predicted octanol–water partition coefficient (Wildman–Crippen LogP) is 2.02. The fraction of sp³-hybridized carbons (Fsp3) is 0.417. The normalized spacial score (nSPS) is 21.7. The van der Waals surface area contributed by atoms with Gasteiger partial charge in [0.05, 0.1) is 28.8 Å². The second kappa shape index (κ2) is 5.04. The van der Waals surface area contributed by atoms with E-state index in [9.17, 15) is 19.3 Å². The fourth-order valence-electron chi connectivity index (χ4n) is 2.07. The molecule has 20 heavy (non-hydrogen) atoms. The molecule has 8 heteroatoms. The van der Waals surface area contributed by atoms with Crippen LogP contribution in [0, 0.1) is 15.9 Å². The lowest BCUT2D eigenvalue weighted by atomic mass is 10.0. The smallest absolute Gasteiger partial charge is 0.342 e. The lowest BCUT2D eigenvalue weighted by Gasteiger charge is -2.25. The largest absolute Gasteiger partial charge is 0.477 e. The number of nitrogens with one attached hydrogen (secondary N) is 1. The first-order valence-electron chi connectivity index (χ1n) is 5.89. The van der Waals surface area contributed by atoms with Crippen LogP contribution in [0.5, 0.6) is 0 Å². The van der Waals surface area contributed by atoms with Crippen LogP contribution in [0.2, 0.25) is 0 Å². The van der Waals surface area contributed by atoms with E-state index in [1.54, 1.807) is 6.92 Å². The van der Waals surface area contributed by atoms with E-state index in [4.69, 9.17) is 9.84 Å². The third-order valence-corrected chi connectivity index (χ3v) is 3.17. The summed E-state index contributed by atoms with van der Waals surface area (Å²) in [6.45, 7) is 2.68. The Bertz CT molecular complexity index is 569. The number of carboxylic acid groups (broad SMARTS) is 1. The summed E-state index contributed by atoms with van der Waals surface area (Å²) in [6, 6.07) is 1.56. The van der Waals surface area contributed by atoms with Crippen LogP contribution >= 0.6 is 0 Å². The molecule has 1 saturated heterocycles. The molecule has 1 unspecified atom stereocenters. The number of carbonyl (C=O) groups is 1. The zero-order valence-electron chi connectivity index (χ0n) is 10.7. The van der Waals surface area contributed by atoms with Crippen molar-refractivity contribution in [2.75, 3.05) is 18.5 Å². The van der Waals surface area contributed by atoms with Crippen molar-refractivity contribution in [1.29, 1.82) is 0 Å². The number of halogens is 1. The summed E-state index contributed by atoms with van der Waals surface area (Å²) in [6.07, 6.45) is 0.631. The summed E-state index contributed by atoms with van der Waals surface area (Å²) < 4.78 is 19.1. The van der Waals surface area contributed by atoms with E-state index in [2.05, 4.69) is 5.32 Å². The van der Waals surface area contributed by atoms with Gasteiger partial charge in [0.15, 0.2) is 5.82 Å². The average Bonchev–Trinajstić information content (AvgIpc) is 2.77. The van der Waals surface area contributed by atoms with Crippen molar-refractivity contribution in [2.45, 2.75) is 18.9 Å². The molecule has 1 aliphatic rings. The van der Waals surface area contributed by atoms with Gasteiger partial charge in [-0.05, 0) is 19.4 Å². The third-order valence-electron chi connectivity index (χ3n) is 3.17. The number of nitro benzene ring substituents is 1. The summed E-state index contributed by atoms with van der Waals surface area (Å²) in [5, 5.41) is 22.6. The van der Waals surface area contributed by atoms with Crippen molar-refractivity contribution in [3.63, 3.8) is 0 Å². The number of anilines is 1. The molecule has 7 nitrogen and oxygen atoms in total. The molecule has 1 atom stereocenters. The Balaban J connectivity index is 2.41. The van der Waals surface area contributed by atoms with E-state index in [0.717, 1.165) is 6.07 Å². The topological polar surface area (TPSA) is 102 Å². The van der Waals surface area contributed by atoms with Crippen molar-refractivity contribution in [1.82, 2.24) is 0 Å². The number of hydrogen-bond donors (Lipinski definition) is 2. The standard InChI is InChI=1S/C12H13FN2O5/c1-12(2-3-20-6-12)14-9-4-7(11(16)17)10(15(18)19)5-8(9)13/h4-5,14H,2-3,6H2,1H3,(H,16,17). The minimum absolute atomic E-state index is 0.0824. The quantitative estimate of drug-likeness (QED) is 0.648. The zero-order chi connectivity index (χ0) is 14.9. The molecule has 0 aromatic heterocycles. The SMILES string of the molecule is CC1(Nc2cc(C(=O)O)c([N+](=O)[O-])cc2F)CCOC1. The van der Waals surface area contributed by atoms with Crippen LogP contribution in [0.1, 0.15) is 23.7 Å². The predicted molar refractivity (Wildman–Crippen MR) is 67.5 cm³/mol. The Kier molecular flexibility index (Phi) is 3.58. The molecule has 2 rings (SSSR count). The first-order valence-corrected chi connectivity index (χ1v) is 5.89. The second-order valence-corrected chi connectivity index (χ2v) is 4.90. The lowest BCUT2D eigenvalue weighted by Crippen LogP contribution is -2.35. The van der Waals surface area contributed by atoms with Gasteiger partial charge in [0, 0.05) is 6.61 Å². The van der Waals surface area contributed by atoms with Gasteiger partial charge in [-0.25, -0.2) is 9.18 Å². The number of nitro groups is 1. The van der Waals surface area contributed by atoms with Gasteiger partial charge in [0.1, 0.15) is 5.56 Å². The summed E-state index contributed by atoms with van der Waals surface area (Å²) in [5.41, 5.74) is -1.93. The molecule has 108 valence electrons. The van der Waals surface area contributed by atoms with Crippen LogP contribution in [0.4, 0.5) is 15.8 Å². The van der Waals surface area contributed by atoms with Crippen LogP contribution in [0.3, 0.4) is 0 Å². The number of ether oxygens (including phenoxy) is 1. The van der Waals surface area contributed by atoms with E-state index in [0.29, 0.717) is 25.7 Å². The number of aromatic carboxylic acids is 1. The highest BCUT2D eigenvalue weighted by Crippen LogP contribution is 2.30. The molecule has 0 saturated carbocycles. The van der Waals surface area contributed by atoms with Crippen molar-refractivity contribution < 1.29 is 24.0 Å². The molecule has 1 aromatic carbocycles. The van der Waals surface area contributed by atoms with Crippen molar-refractivity contribution in [2.24, 2.45) is 0 Å². The second-order valence-electron chi connectivity index (χ2n) is 4.90. The van der Waals surface area contributed by atoms with E-state index in [1.807, 2.05) is 0 Å². The van der Waals surface area contributed by atoms with Crippen LogP contribution in [0.15, 0.2) is 12.1 Å². The fourth-order valence-corrected chi connectivity index (χ4v) is 2.07. The first kappa shape index (κ1) is 14.2. The maximum absolute atomic E-state index is 13.9. The van der Waals surface area contributed by atoms with Gasteiger partial charge in [-0.3, -0.25) is 10.1 Å². The maximum Gasteiger partial charge on any atom is 0.342 e. The molecule has 0 amide bonds. The highest BCUT2D eigenvalue weighted by Gasteiger charge is 2.32. The lowest BCUT2D eigenvalue weighted by molar-refractivity contribution is -0.385. The summed E-state index contributed by atoms with van der Waals surface area (Å²) in [5.74, 6) is -2.34. The minimum atomic E-state index is -1.48. The Morgan fingerprint density at radius 3 is 2.80 bits per heavy atom. The van der Waals surface area contributed by atoms with E-state index >= 15 is 0 Å². The van der Waals surface area contributed by atoms with Gasteiger partial charge >= 0.3 is 5.97 Å². The first-order chi connectivity index (χ1) is 9.32. The number of nitrogens with zero attached hydrogens (tertiary/aromatic N) is 1. The molecule has 1 fully saturated rings. The van der Waals surface area contributed by atoms with Gasteiger partial charge in [-0.15, -0.1) is 0 Å². The van der Waals surface area contributed by atoms with Crippen LogP contribution in [-0.2, 0) is 4.74 Å². The van der Waals surface area contributed by atoms with Gasteiger partial charge in [-0.2, -0.15) is 0 Å². The number of benzene rings is 1. The van der Waals surface area contributed by atoms with E-state index < -0.39 is 33.5 Å². The molecule has 0 radical (unpaired) electrons. The zero-order valence-corrected chi connectivity index (χ0v) is 10.7. The molecule has 1 aromatic rings. The molecule has 2 N–H and O–H groups in total. The molecule has 0 spiro atoms. The molecule has 1 aliphatic heterocycles. The summed E-state index contributed by atoms with van der Waals surface area (Å²) >= 11 is 0. The third kappa shape index (κ3) is 2.69. The number of rotatable bonds is 4. The maximum atomic E-state index is 13.9. The Morgan fingerprint density at radius 1 is 1.60 bits per heavy atom.